The zero-order valence-corrected chi connectivity index (χ0v) is 13.4. The van der Waals surface area contributed by atoms with Gasteiger partial charge in [0.15, 0.2) is 0 Å². The molecule has 0 aliphatic carbocycles. The van der Waals surface area contributed by atoms with Gasteiger partial charge in [0.05, 0.1) is 12.7 Å². The van der Waals surface area contributed by atoms with E-state index in [0.29, 0.717) is 6.61 Å². The van der Waals surface area contributed by atoms with Gasteiger partial charge >= 0.3 is 0 Å². The van der Waals surface area contributed by atoms with Gasteiger partial charge in [-0.1, -0.05) is 13.0 Å². The first-order chi connectivity index (χ1) is 10.2. The Morgan fingerprint density at radius 1 is 1.29 bits per heavy atom. The quantitative estimate of drug-likeness (QED) is 0.841. The van der Waals surface area contributed by atoms with Crippen molar-refractivity contribution < 1.29 is 9.84 Å². The first-order valence-electron chi connectivity index (χ1n) is 8.05. The standard InChI is InChI=1S/C17H28N2O2/c1-4-14-6-7-16(21-5-2)15(12-14)17(20)13(3)19-10-8-18-9-11-19/h6-7,12-13,17-18,20H,4-5,8-11H2,1-3H3. The van der Waals surface area contributed by atoms with Gasteiger partial charge in [0.2, 0.25) is 0 Å². The Labute approximate surface area is 128 Å². The summed E-state index contributed by atoms with van der Waals surface area (Å²) in [5.74, 6) is 0.809. The van der Waals surface area contributed by atoms with Crippen molar-refractivity contribution in [2.24, 2.45) is 0 Å². The third kappa shape index (κ3) is 3.96. The summed E-state index contributed by atoms with van der Waals surface area (Å²) < 4.78 is 5.70. The van der Waals surface area contributed by atoms with Gasteiger partial charge in [-0.2, -0.15) is 0 Å². The number of hydrogen-bond donors (Lipinski definition) is 2. The van der Waals surface area contributed by atoms with Crippen LogP contribution in [0.5, 0.6) is 5.75 Å². The van der Waals surface area contributed by atoms with Crippen LogP contribution in [0.25, 0.3) is 0 Å². The van der Waals surface area contributed by atoms with Crippen LogP contribution in [0.15, 0.2) is 18.2 Å². The number of aliphatic hydroxyl groups excluding tert-OH is 1. The molecule has 0 aromatic heterocycles. The molecule has 1 heterocycles. The lowest BCUT2D eigenvalue weighted by Gasteiger charge is -2.35. The van der Waals surface area contributed by atoms with Gasteiger partial charge < -0.3 is 15.2 Å². The molecule has 1 aliphatic heterocycles. The maximum absolute atomic E-state index is 10.8. The molecule has 1 aromatic carbocycles. The molecule has 0 spiro atoms. The Bertz CT molecular complexity index is 444. The first-order valence-corrected chi connectivity index (χ1v) is 8.05. The number of benzene rings is 1. The van der Waals surface area contributed by atoms with Crippen LogP contribution in [0.3, 0.4) is 0 Å². The second-order valence-electron chi connectivity index (χ2n) is 5.63. The highest BCUT2D eigenvalue weighted by atomic mass is 16.5. The Morgan fingerprint density at radius 3 is 2.62 bits per heavy atom. The minimum atomic E-state index is -0.517. The van der Waals surface area contributed by atoms with Crippen molar-refractivity contribution >= 4 is 0 Å². The molecule has 2 N–H and O–H groups in total. The Hall–Kier alpha value is -1.10. The van der Waals surface area contributed by atoms with E-state index in [1.807, 2.05) is 13.0 Å². The number of nitrogens with one attached hydrogen (secondary N) is 1. The van der Waals surface area contributed by atoms with E-state index in [1.54, 1.807) is 0 Å². The van der Waals surface area contributed by atoms with Crippen molar-refractivity contribution in [1.29, 1.82) is 0 Å². The lowest BCUT2D eigenvalue weighted by Crippen LogP contribution is -2.49. The van der Waals surface area contributed by atoms with Crippen LogP contribution >= 0.6 is 0 Å². The van der Waals surface area contributed by atoms with Crippen molar-refractivity contribution in [1.82, 2.24) is 10.2 Å². The molecule has 0 radical (unpaired) electrons. The minimum absolute atomic E-state index is 0.0958. The summed E-state index contributed by atoms with van der Waals surface area (Å²) >= 11 is 0. The average Bonchev–Trinajstić information content (AvgIpc) is 2.55. The molecule has 1 aromatic rings. The van der Waals surface area contributed by atoms with Crippen LogP contribution in [0.1, 0.15) is 38.0 Å². The van der Waals surface area contributed by atoms with Gasteiger partial charge in [0.1, 0.15) is 5.75 Å². The highest BCUT2D eigenvalue weighted by Gasteiger charge is 2.26. The van der Waals surface area contributed by atoms with Gasteiger partial charge in [-0.25, -0.2) is 0 Å². The number of aryl methyl sites for hydroxylation is 1. The molecular formula is C17H28N2O2. The van der Waals surface area contributed by atoms with Crippen LogP contribution in [-0.2, 0) is 6.42 Å². The predicted molar refractivity (Wildman–Crippen MR) is 85.9 cm³/mol. The van der Waals surface area contributed by atoms with E-state index in [4.69, 9.17) is 4.74 Å². The topological polar surface area (TPSA) is 44.7 Å². The van der Waals surface area contributed by atoms with E-state index < -0.39 is 6.10 Å². The molecule has 2 atom stereocenters. The van der Waals surface area contributed by atoms with E-state index in [0.717, 1.165) is 43.9 Å². The molecule has 1 saturated heterocycles. The summed E-state index contributed by atoms with van der Waals surface area (Å²) in [6.45, 7) is 10.8. The van der Waals surface area contributed by atoms with Crippen LogP contribution < -0.4 is 10.1 Å². The molecule has 4 heteroatoms. The molecule has 1 aliphatic rings. The molecular weight excluding hydrogens is 264 g/mol. The zero-order valence-electron chi connectivity index (χ0n) is 13.4. The summed E-state index contributed by atoms with van der Waals surface area (Å²) in [6.07, 6.45) is 0.449. The number of aliphatic hydroxyl groups is 1. The first kappa shape index (κ1) is 16.3. The highest BCUT2D eigenvalue weighted by Crippen LogP contribution is 2.30. The SMILES string of the molecule is CCOc1ccc(CC)cc1C(O)C(C)N1CCNCC1. The molecule has 0 saturated carbocycles. The summed E-state index contributed by atoms with van der Waals surface area (Å²) in [4.78, 5) is 2.34. The van der Waals surface area contributed by atoms with Crippen molar-refractivity contribution in [3.63, 3.8) is 0 Å². The van der Waals surface area contributed by atoms with Crippen molar-refractivity contribution in [2.45, 2.75) is 39.3 Å². The van der Waals surface area contributed by atoms with Gasteiger partial charge in [-0.05, 0) is 38.0 Å². The van der Waals surface area contributed by atoms with Crippen LogP contribution in [0, 0.1) is 0 Å². The number of nitrogens with zero attached hydrogens (tertiary/aromatic N) is 1. The van der Waals surface area contributed by atoms with Gasteiger partial charge in [-0.3, -0.25) is 4.90 Å². The highest BCUT2D eigenvalue weighted by molar-refractivity contribution is 5.39. The van der Waals surface area contributed by atoms with E-state index in [1.165, 1.54) is 5.56 Å². The van der Waals surface area contributed by atoms with E-state index in [-0.39, 0.29) is 6.04 Å². The molecule has 0 amide bonds. The smallest absolute Gasteiger partial charge is 0.125 e. The molecule has 4 nitrogen and oxygen atoms in total. The van der Waals surface area contributed by atoms with E-state index in [9.17, 15) is 5.11 Å². The van der Waals surface area contributed by atoms with Crippen molar-refractivity contribution in [3.8, 4) is 5.75 Å². The lowest BCUT2D eigenvalue weighted by molar-refractivity contribution is 0.0491. The largest absolute Gasteiger partial charge is 0.493 e. The normalized spacial score (nSPS) is 19.2. The third-order valence-electron chi connectivity index (χ3n) is 4.29. The predicted octanol–water partition coefficient (Wildman–Crippen LogP) is 1.97. The molecule has 2 unspecified atom stereocenters. The van der Waals surface area contributed by atoms with Gasteiger partial charge in [0, 0.05) is 37.8 Å². The fraction of sp³-hybridized carbons (Fsp3) is 0.647. The summed E-state index contributed by atoms with van der Waals surface area (Å²) in [5, 5.41) is 14.2. The molecule has 118 valence electrons. The molecule has 1 fully saturated rings. The van der Waals surface area contributed by atoms with Crippen molar-refractivity contribution in [3.05, 3.63) is 29.3 Å². The molecule has 0 bridgehead atoms. The third-order valence-corrected chi connectivity index (χ3v) is 4.29. The minimum Gasteiger partial charge on any atom is -0.493 e. The van der Waals surface area contributed by atoms with Gasteiger partial charge in [-0.15, -0.1) is 0 Å². The van der Waals surface area contributed by atoms with Crippen LogP contribution in [0.4, 0.5) is 0 Å². The monoisotopic (exact) mass is 292 g/mol. The van der Waals surface area contributed by atoms with E-state index in [2.05, 4.69) is 36.2 Å². The second-order valence-corrected chi connectivity index (χ2v) is 5.63. The molecule has 21 heavy (non-hydrogen) atoms. The number of piperazine rings is 1. The molecule has 2 rings (SSSR count). The summed E-state index contributed by atoms with van der Waals surface area (Å²) in [5.41, 5.74) is 2.15. The van der Waals surface area contributed by atoms with Gasteiger partial charge in [0.25, 0.3) is 0 Å². The van der Waals surface area contributed by atoms with Crippen LogP contribution in [0.2, 0.25) is 0 Å². The Morgan fingerprint density at radius 2 is 2.00 bits per heavy atom. The van der Waals surface area contributed by atoms with Crippen LogP contribution in [-0.4, -0.2) is 48.8 Å². The maximum atomic E-state index is 10.8. The Balaban J connectivity index is 2.20. The average molecular weight is 292 g/mol. The Kier molecular flexibility index (Phi) is 6.03. The van der Waals surface area contributed by atoms with Crippen molar-refractivity contribution in [2.75, 3.05) is 32.8 Å². The lowest BCUT2D eigenvalue weighted by atomic mass is 9.98. The zero-order chi connectivity index (χ0) is 15.2. The fourth-order valence-electron chi connectivity index (χ4n) is 2.88. The van der Waals surface area contributed by atoms with E-state index >= 15 is 0 Å². The summed E-state index contributed by atoms with van der Waals surface area (Å²) in [7, 11) is 0. The number of rotatable bonds is 6. The fourth-order valence-corrected chi connectivity index (χ4v) is 2.88. The summed E-state index contributed by atoms with van der Waals surface area (Å²) in [6, 6.07) is 6.26. The number of hydrogen-bond acceptors (Lipinski definition) is 4. The maximum Gasteiger partial charge on any atom is 0.125 e. The number of ether oxygens (including phenoxy) is 1. The second kappa shape index (κ2) is 7.78.